The summed E-state index contributed by atoms with van der Waals surface area (Å²) in [5, 5.41) is 20.8. The van der Waals surface area contributed by atoms with Crippen molar-refractivity contribution in [3.63, 3.8) is 0 Å². The van der Waals surface area contributed by atoms with Crippen LogP contribution >= 0.6 is 11.6 Å². The molecule has 19 heteroatoms. The van der Waals surface area contributed by atoms with E-state index in [0.717, 1.165) is 82.3 Å². The van der Waals surface area contributed by atoms with Gasteiger partial charge in [-0.15, -0.1) is 0 Å². The van der Waals surface area contributed by atoms with Crippen molar-refractivity contribution in [3.8, 4) is 22.5 Å². The molecule has 0 amide bonds. The largest absolute Gasteiger partial charge is 0.396 e. The van der Waals surface area contributed by atoms with E-state index in [1.54, 1.807) is 31.0 Å². The van der Waals surface area contributed by atoms with Crippen LogP contribution in [0.15, 0.2) is 110 Å². The summed E-state index contributed by atoms with van der Waals surface area (Å²) in [6.45, 7) is 20.7. The average Bonchev–Trinajstić information content (AvgIpc) is 4.20. The zero-order valence-electron chi connectivity index (χ0n) is 44.7. The molecule has 8 aromatic rings. The van der Waals surface area contributed by atoms with Crippen molar-refractivity contribution in [2.75, 3.05) is 51.3 Å². The molecule has 18 nitrogen and oxygen atoms in total. The van der Waals surface area contributed by atoms with E-state index in [2.05, 4.69) is 137 Å². The van der Waals surface area contributed by atoms with E-state index in [9.17, 15) is 9.59 Å². The van der Waals surface area contributed by atoms with E-state index in [0.29, 0.717) is 54.8 Å². The van der Waals surface area contributed by atoms with Crippen LogP contribution < -0.4 is 11.1 Å². The maximum absolute atomic E-state index is 12.7. The number of Topliss-reactive ketones (excluding diaryl/α,β-unsaturated/α-hetero) is 2. The van der Waals surface area contributed by atoms with E-state index in [1.807, 2.05) is 80.9 Å². The number of hydrogen-bond acceptors (Lipinski definition) is 14. The summed E-state index contributed by atoms with van der Waals surface area (Å²) in [6, 6.07) is 17.1. The van der Waals surface area contributed by atoms with Crippen LogP contribution in [0, 0.1) is 13.8 Å². The summed E-state index contributed by atoms with van der Waals surface area (Å²) in [7, 11) is 4.21. The van der Waals surface area contributed by atoms with E-state index >= 15 is 0 Å². The highest BCUT2D eigenvalue weighted by molar-refractivity contribution is 6.28. The van der Waals surface area contributed by atoms with Crippen molar-refractivity contribution in [1.29, 1.82) is 0 Å². The smallest absolute Gasteiger partial charge is 0.227 e. The van der Waals surface area contributed by atoms with Crippen LogP contribution in [0.1, 0.15) is 109 Å². The monoisotopic (exact) mass is 1030 g/mol. The van der Waals surface area contributed by atoms with Gasteiger partial charge in [0, 0.05) is 87.3 Å². The zero-order chi connectivity index (χ0) is 53.6. The Hall–Kier alpha value is -7.41. The van der Waals surface area contributed by atoms with Gasteiger partial charge >= 0.3 is 0 Å². The van der Waals surface area contributed by atoms with E-state index in [1.165, 1.54) is 0 Å². The van der Waals surface area contributed by atoms with Crippen LogP contribution in [0.25, 0.3) is 22.5 Å². The fraction of sp³-hybridized carbons (Fsp3) is 0.393. The number of benzene rings is 2. The van der Waals surface area contributed by atoms with Crippen LogP contribution in [0.4, 0.5) is 17.3 Å². The minimum atomic E-state index is -0.142. The number of nitrogens with one attached hydrogen (secondary N) is 1. The van der Waals surface area contributed by atoms with Crippen LogP contribution in [0.3, 0.4) is 0 Å². The SMILES string of the molecule is CN1CC(n2cc(N)cn2)C1.Cc1cc(-c2ccnc(Cl)n2)ccc1CCC(=O)c1cnn(C(C)(C)C)c1.Cc1cc(-c2ccnc(Nc3cnn(C4CN(C)C4)c3)n2)ccc1CCC(=O)c1cnn(C(C)(C)C)c1. The number of hydrogen-bond donors (Lipinski definition) is 2. The zero-order valence-corrected chi connectivity index (χ0v) is 45.5. The Morgan fingerprint density at radius 3 is 1.55 bits per heavy atom. The third-order valence-electron chi connectivity index (χ3n) is 13.3. The van der Waals surface area contributed by atoms with Gasteiger partial charge in [0.1, 0.15) is 0 Å². The molecule has 3 N–H and O–H groups in total. The third kappa shape index (κ3) is 14.1. The second-order valence-corrected chi connectivity index (χ2v) is 22.0. The predicted molar refractivity (Wildman–Crippen MR) is 294 cm³/mol. The van der Waals surface area contributed by atoms with Gasteiger partial charge in [-0.3, -0.25) is 28.3 Å². The minimum Gasteiger partial charge on any atom is -0.396 e. The molecule has 392 valence electrons. The Morgan fingerprint density at radius 1 is 0.627 bits per heavy atom. The number of nitrogens with two attached hydrogens (primary N) is 1. The number of likely N-dealkylation sites (tertiary alicyclic amines) is 2. The molecule has 75 heavy (non-hydrogen) atoms. The Balaban J connectivity index is 0.000000170. The third-order valence-corrected chi connectivity index (χ3v) is 13.5. The van der Waals surface area contributed by atoms with Crippen LogP contribution in [0.2, 0.25) is 5.28 Å². The minimum absolute atomic E-state index is 0.108. The number of rotatable bonds is 14. The summed E-state index contributed by atoms with van der Waals surface area (Å²) >= 11 is 5.87. The van der Waals surface area contributed by atoms with Crippen LogP contribution in [-0.4, -0.2) is 121 Å². The van der Waals surface area contributed by atoms with Gasteiger partial charge in [-0.25, -0.2) is 19.9 Å². The van der Waals surface area contributed by atoms with Gasteiger partial charge in [-0.1, -0.05) is 24.3 Å². The number of likely N-dealkylation sites (N-methyl/N-ethyl adjacent to an activating group) is 2. The molecule has 2 saturated heterocycles. The molecule has 0 saturated carbocycles. The number of aryl methyl sites for hydroxylation is 4. The van der Waals surface area contributed by atoms with Crippen molar-refractivity contribution in [2.45, 2.75) is 104 Å². The molecule has 8 heterocycles. The maximum atomic E-state index is 12.7. The molecule has 6 aromatic heterocycles. The van der Waals surface area contributed by atoms with Crippen molar-refractivity contribution in [1.82, 2.24) is 68.9 Å². The second kappa shape index (κ2) is 23.0. The van der Waals surface area contributed by atoms with Crippen molar-refractivity contribution in [3.05, 3.63) is 149 Å². The summed E-state index contributed by atoms with van der Waals surface area (Å²) in [5.41, 5.74) is 16.4. The van der Waals surface area contributed by atoms with Gasteiger partial charge in [-0.2, -0.15) is 20.4 Å². The Labute approximate surface area is 444 Å². The lowest BCUT2D eigenvalue weighted by atomic mass is 9.98. The molecule has 0 unspecified atom stereocenters. The highest BCUT2D eigenvalue weighted by Gasteiger charge is 2.26. The quantitative estimate of drug-likeness (QED) is 0.0770. The van der Waals surface area contributed by atoms with E-state index in [4.69, 9.17) is 22.3 Å². The lowest BCUT2D eigenvalue weighted by Crippen LogP contribution is -2.45. The maximum Gasteiger partial charge on any atom is 0.227 e. The van der Waals surface area contributed by atoms with Crippen molar-refractivity contribution in [2.24, 2.45) is 0 Å². The number of carbonyl (C=O) groups is 2. The summed E-state index contributed by atoms with van der Waals surface area (Å²) < 4.78 is 7.60. The fourth-order valence-electron chi connectivity index (χ4n) is 8.75. The van der Waals surface area contributed by atoms with Crippen molar-refractivity contribution >= 4 is 40.5 Å². The van der Waals surface area contributed by atoms with E-state index < -0.39 is 0 Å². The second-order valence-electron chi connectivity index (χ2n) is 21.6. The number of ketones is 2. The van der Waals surface area contributed by atoms with Gasteiger partial charge in [-0.05, 0) is 140 Å². The average molecular weight is 1030 g/mol. The van der Waals surface area contributed by atoms with E-state index in [-0.39, 0.29) is 27.9 Å². The molecule has 2 aliphatic rings. The molecule has 0 bridgehead atoms. The molecule has 2 aromatic carbocycles. The molecular weight excluding hydrogens is 964 g/mol. The summed E-state index contributed by atoms with van der Waals surface area (Å²) in [5.74, 6) is 0.751. The first-order valence-electron chi connectivity index (χ1n) is 25.3. The van der Waals surface area contributed by atoms with Gasteiger partial charge in [0.15, 0.2) is 11.6 Å². The number of carbonyl (C=O) groups excluding carboxylic acids is 2. The summed E-state index contributed by atoms with van der Waals surface area (Å²) in [4.78, 5) is 47.0. The van der Waals surface area contributed by atoms with Gasteiger partial charge in [0.2, 0.25) is 11.2 Å². The molecule has 0 spiro atoms. The summed E-state index contributed by atoms with van der Waals surface area (Å²) in [6.07, 6.45) is 20.1. The molecule has 2 fully saturated rings. The highest BCUT2D eigenvalue weighted by atomic mass is 35.5. The molecule has 10 rings (SSSR count). The molecule has 0 atom stereocenters. The normalized spacial score (nSPS) is 14.3. The Bertz CT molecular complexity index is 3240. The standard InChI is InChI=1S/C28H34N8O.C21H23ClN4O.C7H12N4/c1-19-12-21(7-6-20(19)8-9-26(37)22-13-31-36(15-22)28(2,3)4)25-10-11-29-27(33-25)32-23-14-30-35(16-23)24-17-34(5)18-24;1-14-11-16(18-9-10-23-20(22)25-18)6-5-15(14)7-8-19(27)17-12-24-26(13-17)21(2,3)4;1-10-4-7(5-10)11-3-6(8)2-9-11/h6-7,10-16,24H,8-9,17-18H2,1-5H3,(H,29,32,33);5-6,9-13H,7-8H2,1-4H3;2-3,7H,4-5,8H2,1H3. The Morgan fingerprint density at radius 2 is 1.11 bits per heavy atom. The molecule has 2 aliphatic heterocycles. The van der Waals surface area contributed by atoms with Gasteiger partial charge in [0.25, 0.3) is 0 Å². The number of aromatic nitrogens is 12. The molecule has 0 aliphatic carbocycles. The van der Waals surface area contributed by atoms with Gasteiger partial charge < -0.3 is 20.9 Å². The number of anilines is 3. The first-order chi connectivity index (χ1) is 35.6. The number of nitrogens with zero attached hydrogens (tertiary/aromatic N) is 14. The van der Waals surface area contributed by atoms with Crippen molar-refractivity contribution < 1.29 is 9.59 Å². The first-order valence-corrected chi connectivity index (χ1v) is 25.7. The number of halogens is 1. The van der Waals surface area contributed by atoms with Crippen LogP contribution in [0.5, 0.6) is 0 Å². The van der Waals surface area contributed by atoms with Crippen LogP contribution in [-0.2, 0) is 23.9 Å². The first kappa shape index (κ1) is 53.9. The predicted octanol–water partition coefficient (Wildman–Crippen LogP) is 9.47. The lowest BCUT2D eigenvalue weighted by Gasteiger charge is -2.36. The fourth-order valence-corrected chi connectivity index (χ4v) is 8.90. The lowest BCUT2D eigenvalue weighted by molar-refractivity contribution is 0.0974. The van der Waals surface area contributed by atoms with Gasteiger partial charge in [0.05, 0.1) is 81.8 Å². The highest BCUT2D eigenvalue weighted by Crippen LogP contribution is 2.27. The molecule has 0 radical (unpaired) electrons. The topological polar surface area (TPSA) is 202 Å². The Kier molecular flexibility index (Phi) is 16.5. The molecular formula is C56H69ClN16O2. The number of nitrogen functional groups attached to an aromatic ring is 1.